The van der Waals surface area contributed by atoms with Crippen LogP contribution in [0.25, 0.3) is 10.8 Å². The lowest BCUT2D eigenvalue weighted by atomic mass is 10.1. The predicted octanol–water partition coefficient (Wildman–Crippen LogP) is 3.88. The molecule has 2 aromatic rings. The zero-order valence-electron chi connectivity index (χ0n) is 9.89. The second-order valence-electron chi connectivity index (χ2n) is 4.76. The third-order valence-electron chi connectivity index (χ3n) is 3.60. The van der Waals surface area contributed by atoms with Crippen molar-refractivity contribution < 1.29 is 4.21 Å². The van der Waals surface area contributed by atoms with Crippen LogP contribution in [0.5, 0.6) is 0 Å². The monoisotopic (exact) mass is 245 g/mol. The Kier molecular flexibility index (Phi) is 2.75. The maximum atomic E-state index is 13.0. The van der Waals surface area contributed by atoms with Crippen LogP contribution in [0.4, 0.5) is 0 Å². The van der Waals surface area contributed by atoms with E-state index in [1.165, 1.54) is 17.2 Å². The van der Waals surface area contributed by atoms with Crippen LogP contribution in [0.15, 0.2) is 47.4 Å². The van der Waals surface area contributed by atoms with Crippen molar-refractivity contribution in [3.8, 4) is 0 Å². The number of hydrogen-bond acceptors (Lipinski definition) is 1. The molecular weight excluding hydrogens is 228 g/mol. The molecule has 1 heterocycles. The number of hydrogen-bond donors (Lipinski definition) is 0. The molecule has 0 N–H and O–H groups in total. The lowest BCUT2D eigenvalue weighted by molar-refractivity contribution is 0.571. The molecular formula is C15H17OS+. The molecule has 3 rings (SSSR count). The van der Waals surface area contributed by atoms with Crippen LogP contribution in [0.3, 0.4) is 0 Å². The van der Waals surface area contributed by atoms with Gasteiger partial charge in [0.2, 0.25) is 0 Å². The Morgan fingerprint density at radius 3 is 2.35 bits per heavy atom. The van der Waals surface area contributed by atoms with Crippen molar-refractivity contribution in [1.82, 2.24) is 0 Å². The second-order valence-corrected chi connectivity index (χ2v) is 7.64. The van der Waals surface area contributed by atoms with Gasteiger partial charge in [0.25, 0.3) is 0 Å². The van der Waals surface area contributed by atoms with Crippen LogP contribution in [-0.4, -0.2) is 11.5 Å². The molecule has 1 nitrogen and oxygen atoms in total. The maximum absolute atomic E-state index is 13.0. The summed E-state index contributed by atoms with van der Waals surface area (Å²) in [5, 5.41) is 2.39. The summed E-state index contributed by atoms with van der Waals surface area (Å²) in [7, 11) is -1.80. The Labute approximate surface area is 103 Å². The summed E-state index contributed by atoms with van der Waals surface area (Å²) in [5.41, 5.74) is 0. The van der Waals surface area contributed by atoms with Crippen molar-refractivity contribution in [3.63, 3.8) is 0 Å². The summed E-state index contributed by atoms with van der Waals surface area (Å²) in [6.45, 7) is 0. The molecule has 1 fully saturated rings. The average Bonchev–Trinajstić information content (AvgIpc) is 2.39. The Bertz CT molecular complexity index is 573. The molecule has 2 aromatic carbocycles. The minimum atomic E-state index is -1.80. The summed E-state index contributed by atoms with van der Waals surface area (Å²) in [6, 6.07) is 14.5. The minimum Gasteiger partial charge on any atom is -0.0997 e. The van der Waals surface area contributed by atoms with Gasteiger partial charge in [-0.05, 0) is 36.8 Å². The average molecular weight is 245 g/mol. The quantitative estimate of drug-likeness (QED) is 0.697. The molecule has 0 spiro atoms. The van der Waals surface area contributed by atoms with Crippen molar-refractivity contribution in [2.24, 2.45) is 0 Å². The number of benzene rings is 2. The van der Waals surface area contributed by atoms with E-state index in [1.54, 1.807) is 0 Å². The van der Waals surface area contributed by atoms with Crippen LogP contribution in [0, 0.1) is 0 Å². The van der Waals surface area contributed by atoms with Gasteiger partial charge in [-0.2, -0.15) is 0 Å². The Morgan fingerprint density at radius 2 is 1.53 bits per heavy atom. The summed E-state index contributed by atoms with van der Waals surface area (Å²) in [4.78, 5) is 1.09. The molecule has 0 bridgehead atoms. The summed E-state index contributed by atoms with van der Waals surface area (Å²) < 4.78 is 13.0. The first-order chi connectivity index (χ1) is 8.30. The predicted molar refractivity (Wildman–Crippen MR) is 73.9 cm³/mol. The van der Waals surface area contributed by atoms with E-state index in [9.17, 15) is 4.21 Å². The van der Waals surface area contributed by atoms with Gasteiger partial charge in [-0.15, -0.1) is 0 Å². The third-order valence-corrected chi connectivity index (χ3v) is 6.65. The minimum absolute atomic E-state index is 0.876. The molecule has 0 aliphatic carbocycles. The van der Waals surface area contributed by atoms with Crippen molar-refractivity contribution in [2.75, 3.05) is 11.5 Å². The molecule has 0 radical (unpaired) electrons. The molecule has 0 amide bonds. The third kappa shape index (κ3) is 1.91. The number of fused-ring (bicyclic) bond motifs is 1. The van der Waals surface area contributed by atoms with E-state index in [4.69, 9.17) is 0 Å². The topological polar surface area (TPSA) is 17.1 Å². The zero-order chi connectivity index (χ0) is 11.7. The molecule has 0 aromatic heterocycles. The van der Waals surface area contributed by atoms with E-state index in [2.05, 4.69) is 24.3 Å². The van der Waals surface area contributed by atoms with E-state index < -0.39 is 9.93 Å². The first-order valence-corrected chi connectivity index (χ1v) is 8.17. The van der Waals surface area contributed by atoms with Gasteiger partial charge in [-0.25, -0.2) is 0 Å². The summed E-state index contributed by atoms with van der Waals surface area (Å²) in [5.74, 6) is 1.75. The summed E-state index contributed by atoms with van der Waals surface area (Å²) in [6.07, 6.45) is 3.46. The molecule has 0 saturated carbocycles. The highest BCUT2D eigenvalue weighted by atomic mass is 32.2. The Hall–Kier alpha value is -1.15. The van der Waals surface area contributed by atoms with E-state index in [0.29, 0.717) is 0 Å². The molecule has 0 atom stereocenters. The van der Waals surface area contributed by atoms with Gasteiger partial charge >= 0.3 is 0 Å². The lowest BCUT2D eigenvalue weighted by Gasteiger charge is -2.18. The van der Waals surface area contributed by atoms with Crippen LogP contribution < -0.4 is 0 Å². The molecule has 88 valence electrons. The smallest absolute Gasteiger partial charge is 0.0997 e. The van der Waals surface area contributed by atoms with Gasteiger partial charge in [0.15, 0.2) is 4.90 Å². The van der Waals surface area contributed by atoms with E-state index in [-0.39, 0.29) is 0 Å². The van der Waals surface area contributed by atoms with Crippen molar-refractivity contribution in [1.29, 1.82) is 0 Å². The first kappa shape index (κ1) is 11.0. The van der Waals surface area contributed by atoms with Crippen LogP contribution in [0.1, 0.15) is 19.3 Å². The van der Waals surface area contributed by atoms with Gasteiger partial charge in [0.05, 0.1) is 0 Å². The van der Waals surface area contributed by atoms with Crippen LogP contribution in [-0.2, 0) is 14.1 Å². The molecule has 2 heteroatoms. The first-order valence-electron chi connectivity index (χ1n) is 6.27. The van der Waals surface area contributed by atoms with Crippen LogP contribution >= 0.6 is 0 Å². The summed E-state index contributed by atoms with van der Waals surface area (Å²) >= 11 is 0. The van der Waals surface area contributed by atoms with Gasteiger partial charge in [-0.1, -0.05) is 34.5 Å². The van der Waals surface area contributed by atoms with Gasteiger partial charge in [-0.3, -0.25) is 0 Å². The maximum Gasteiger partial charge on any atom is 0.165 e. The molecule has 1 aliphatic heterocycles. The highest BCUT2D eigenvalue weighted by molar-refractivity contribution is 8.03. The fraction of sp³-hybridized carbons (Fsp3) is 0.333. The highest BCUT2D eigenvalue weighted by Crippen LogP contribution is 2.32. The van der Waals surface area contributed by atoms with E-state index in [0.717, 1.165) is 29.2 Å². The molecule has 17 heavy (non-hydrogen) atoms. The normalized spacial score (nSPS) is 19.3. The molecule has 1 aliphatic rings. The molecule has 1 saturated heterocycles. The lowest BCUT2D eigenvalue weighted by Crippen LogP contribution is -2.24. The highest BCUT2D eigenvalue weighted by Gasteiger charge is 2.34. The fourth-order valence-electron chi connectivity index (χ4n) is 2.69. The SMILES string of the molecule is O=[S+]1(c2cccc3ccccc23)CCCCC1. The van der Waals surface area contributed by atoms with Gasteiger partial charge in [0, 0.05) is 5.39 Å². The van der Waals surface area contributed by atoms with E-state index >= 15 is 0 Å². The molecule has 0 unspecified atom stereocenters. The van der Waals surface area contributed by atoms with Gasteiger partial charge < -0.3 is 0 Å². The van der Waals surface area contributed by atoms with Gasteiger partial charge in [0.1, 0.15) is 21.4 Å². The van der Waals surface area contributed by atoms with E-state index in [1.807, 2.05) is 18.2 Å². The zero-order valence-corrected chi connectivity index (χ0v) is 10.7. The van der Waals surface area contributed by atoms with Crippen molar-refractivity contribution in [3.05, 3.63) is 42.5 Å². The Morgan fingerprint density at radius 1 is 0.824 bits per heavy atom. The van der Waals surface area contributed by atoms with Crippen molar-refractivity contribution in [2.45, 2.75) is 24.2 Å². The largest absolute Gasteiger partial charge is 0.165 e. The van der Waals surface area contributed by atoms with Crippen LogP contribution in [0.2, 0.25) is 0 Å². The Balaban J connectivity index is 2.20. The second kappa shape index (κ2) is 4.26. The standard InChI is InChI=1S/C15H17OS/c16-17(11-4-1-5-12-17)15-10-6-8-13-7-2-3-9-14(13)15/h2-3,6-10H,1,4-5,11-12H2/q+1. The fourth-order valence-corrected chi connectivity index (χ4v) is 5.59. The number of rotatable bonds is 1. The van der Waals surface area contributed by atoms with Crippen molar-refractivity contribution >= 4 is 20.7 Å².